The molecule has 0 bridgehead atoms. The van der Waals surface area contributed by atoms with E-state index < -0.39 is 0 Å². The number of halogens is 1. The Balaban J connectivity index is 2.28. The maximum absolute atomic E-state index is 12.7. The number of ether oxygens (including phenoxy) is 3. The fourth-order valence-corrected chi connectivity index (χ4v) is 2.61. The summed E-state index contributed by atoms with van der Waals surface area (Å²) in [6.07, 6.45) is 0.0217. The number of amides is 1. The van der Waals surface area contributed by atoms with Crippen molar-refractivity contribution in [3.8, 4) is 11.5 Å². The van der Waals surface area contributed by atoms with E-state index in [1.165, 1.54) is 0 Å². The summed E-state index contributed by atoms with van der Waals surface area (Å²) >= 11 is 3.39. The summed E-state index contributed by atoms with van der Waals surface area (Å²) in [5.41, 5.74) is 0.465. The number of rotatable bonds is 4. The number of carbonyl (C=O) groups excluding carboxylic acids is 1. The van der Waals surface area contributed by atoms with Gasteiger partial charge in [0, 0.05) is 18.4 Å². The van der Waals surface area contributed by atoms with E-state index in [1.807, 2.05) is 0 Å². The van der Waals surface area contributed by atoms with Gasteiger partial charge in [-0.25, -0.2) is 0 Å². The Bertz CT molecular complexity index is 458. The molecule has 1 saturated heterocycles. The molecule has 0 saturated carbocycles. The van der Waals surface area contributed by atoms with E-state index in [4.69, 9.17) is 14.2 Å². The summed E-state index contributed by atoms with van der Waals surface area (Å²) in [6.45, 7) is 1.67. The van der Waals surface area contributed by atoms with Crippen molar-refractivity contribution in [3.05, 3.63) is 23.8 Å². The molecule has 1 atom stereocenters. The first kappa shape index (κ1) is 15.1. The molecule has 6 heteroatoms. The predicted octanol–water partition coefficient (Wildman–Crippen LogP) is 1.94. The first-order chi connectivity index (χ1) is 9.71. The van der Waals surface area contributed by atoms with Gasteiger partial charge in [0.2, 0.25) is 0 Å². The zero-order valence-corrected chi connectivity index (χ0v) is 13.2. The third-order valence-electron chi connectivity index (χ3n) is 3.24. The summed E-state index contributed by atoms with van der Waals surface area (Å²) in [6, 6.07) is 5.32. The molecule has 1 unspecified atom stereocenters. The molecule has 1 aliphatic rings. The molecular weight excluding hydrogens is 326 g/mol. The number of nitrogens with zero attached hydrogens (tertiary/aromatic N) is 1. The lowest BCUT2D eigenvalue weighted by Crippen LogP contribution is -2.46. The van der Waals surface area contributed by atoms with Gasteiger partial charge >= 0.3 is 0 Å². The third-order valence-corrected chi connectivity index (χ3v) is 3.96. The highest BCUT2D eigenvalue weighted by Crippen LogP contribution is 2.30. The molecule has 0 spiro atoms. The van der Waals surface area contributed by atoms with Gasteiger partial charge < -0.3 is 19.1 Å². The van der Waals surface area contributed by atoms with Gasteiger partial charge in [0.1, 0.15) is 17.1 Å². The number of morpholine rings is 1. The Morgan fingerprint density at radius 3 is 2.60 bits per heavy atom. The topological polar surface area (TPSA) is 48.0 Å². The minimum Gasteiger partial charge on any atom is -0.496 e. The minimum absolute atomic E-state index is 0.0217. The molecule has 1 heterocycles. The van der Waals surface area contributed by atoms with Gasteiger partial charge in [0.15, 0.2) is 0 Å². The zero-order chi connectivity index (χ0) is 14.5. The van der Waals surface area contributed by atoms with E-state index in [-0.39, 0.29) is 12.0 Å². The molecule has 1 aromatic rings. The molecule has 0 N–H and O–H groups in total. The van der Waals surface area contributed by atoms with Crippen molar-refractivity contribution in [2.24, 2.45) is 0 Å². The maximum Gasteiger partial charge on any atom is 0.261 e. The van der Waals surface area contributed by atoms with Crippen LogP contribution in [0.1, 0.15) is 10.4 Å². The van der Waals surface area contributed by atoms with Crippen LogP contribution in [0.15, 0.2) is 18.2 Å². The van der Waals surface area contributed by atoms with Crippen LogP contribution in [0.3, 0.4) is 0 Å². The van der Waals surface area contributed by atoms with Crippen molar-refractivity contribution in [2.45, 2.75) is 6.10 Å². The SMILES string of the molecule is COc1cccc(OC)c1C(=O)N1CCOC(CBr)C1. The molecule has 110 valence electrons. The van der Waals surface area contributed by atoms with Crippen molar-refractivity contribution < 1.29 is 19.0 Å². The summed E-state index contributed by atoms with van der Waals surface area (Å²) in [7, 11) is 3.10. The number of alkyl halides is 1. The van der Waals surface area contributed by atoms with Crippen LogP contribution in [0.4, 0.5) is 0 Å². The Morgan fingerprint density at radius 1 is 1.40 bits per heavy atom. The van der Waals surface area contributed by atoms with Crippen LogP contribution in [0, 0.1) is 0 Å². The normalized spacial score (nSPS) is 18.8. The van der Waals surface area contributed by atoms with E-state index in [0.717, 1.165) is 0 Å². The fraction of sp³-hybridized carbons (Fsp3) is 0.500. The van der Waals surface area contributed by atoms with Gasteiger partial charge in [-0.2, -0.15) is 0 Å². The molecule has 2 rings (SSSR count). The van der Waals surface area contributed by atoms with Crippen molar-refractivity contribution in [2.75, 3.05) is 39.2 Å². The lowest BCUT2D eigenvalue weighted by molar-refractivity contribution is -0.00986. The molecule has 5 nitrogen and oxygen atoms in total. The predicted molar refractivity (Wildman–Crippen MR) is 79.0 cm³/mol. The quantitative estimate of drug-likeness (QED) is 0.784. The van der Waals surface area contributed by atoms with Gasteiger partial charge in [-0.1, -0.05) is 22.0 Å². The highest BCUT2D eigenvalue weighted by atomic mass is 79.9. The Hall–Kier alpha value is -1.27. The average Bonchev–Trinajstić information content (AvgIpc) is 2.53. The van der Waals surface area contributed by atoms with Gasteiger partial charge in [-0.3, -0.25) is 4.79 Å². The number of benzene rings is 1. The summed E-state index contributed by atoms with van der Waals surface area (Å²) in [5, 5.41) is 0.708. The molecule has 1 fully saturated rings. The summed E-state index contributed by atoms with van der Waals surface area (Å²) < 4.78 is 16.1. The number of hydrogen-bond donors (Lipinski definition) is 0. The first-order valence-corrected chi connectivity index (χ1v) is 7.51. The van der Waals surface area contributed by atoms with Gasteiger partial charge in [0.05, 0.1) is 26.9 Å². The molecule has 20 heavy (non-hydrogen) atoms. The van der Waals surface area contributed by atoms with Gasteiger partial charge in [-0.15, -0.1) is 0 Å². The molecule has 1 amide bonds. The number of hydrogen-bond acceptors (Lipinski definition) is 4. The van der Waals surface area contributed by atoms with Crippen LogP contribution in [-0.2, 0) is 4.74 Å². The van der Waals surface area contributed by atoms with E-state index in [0.29, 0.717) is 42.1 Å². The summed E-state index contributed by atoms with van der Waals surface area (Å²) in [5.74, 6) is 0.959. The van der Waals surface area contributed by atoms with Gasteiger partial charge in [-0.05, 0) is 12.1 Å². The van der Waals surface area contributed by atoms with Crippen LogP contribution in [0.5, 0.6) is 11.5 Å². The van der Waals surface area contributed by atoms with Crippen molar-refractivity contribution in [1.29, 1.82) is 0 Å². The molecule has 0 aliphatic carbocycles. The standard InChI is InChI=1S/C14H18BrNO4/c1-18-11-4-3-5-12(19-2)13(11)14(17)16-6-7-20-10(8-15)9-16/h3-5,10H,6-9H2,1-2H3. The van der Waals surface area contributed by atoms with Crippen molar-refractivity contribution in [3.63, 3.8) is 0 Å². The number of methoxy groups -OCH3 is 2. The van der Waals surface area contributed by atoms with Crippen LogP contribution in [0.2, 0.25) is 0 Å². The van der Waals surface area contributed by atoms with Gasteiger partial charge in [0.25, 0.3) is 5.91 Å². The highest BCUT2D eigenvalue weighted by Gasteiger charge is 2.28. The fourth-order valence-electron chi connectivity index (χ4n) is 2.22. The largest absolute Gasteiger partial charge is 0.496 e. The van der Waals surface area contributed by atoms with E-state index in [2.05, 4.69) is 15.9 Å². The maximum atomic E-state index is 12.7. The molecular formula is C14H18BrNO4. The average molecular weight is 344 g/mol. The zero-order valence-electron chi connectivity index (χ0n) is 11.6. The molecule has 0 radical (unpaired) electrons. The Morgan fingerprint density at radius 2 is 2.05 bits per heavy atom. The lowest BCUT2D eigenvalue weighted by atomic mass is 10.1. The smallest absolute Gasteiger partial charge is 0.261 e. The van der Waals surface area contributed by atoms with E-state index in [1.54, 1.807) is 37.3 Å². The van der Waals surface area contributed by atoms with Crippen LogP contribution in [0.25, 0.3) is 0 Å². The van der Waals surface area contributed by atoms with Crippen molar-refractivity contribution >= 4 is 21.8 Å². The second-order valence-electron chi connectivity index (χ2n) is 4.44. The minimum atomic E-state index is -0.0893. The Labute approximate surface area is 126 Å². The Kier molecular flexibility index (Phi) is 5.25. The first-order valence-electron chi connectivity index (χ1n) is 6.39. The summed E-state index contributed by atoms with van der Waals surface area (Å²) in [4.78, 5) is 14.5. The van der Waals surface area contributed by atoms with Crippen LogP contribution >= 0.6 is 15.9 Å². The van der Waals surface area contributed by atoms with E-state index >= 15 is 0 Å². The second-order valence-corrected chi connectivity index (χ2v) is 5.08. The third kappa shape index (κ3) is 3.07. The molecule has 0 aromatic heterocycles. The lowest BCUT2D eigenvalue weighted by Gasteiger charge is -2.32. The highest BCUT2D eigenvalue weighted by molar-refractivity contribution is 9.09. The van der Waals surface area contributed by atoms with Crippen LogP contribution in [-0.4, -0.2) is 56.2 Å². The molecule has 1 aromatic carbocycles. The second kappa shape index (κ2) is 6.95. The van der Waals surface area contributed by atoms with Crippen molar-refractivity contribution in [1.82, 2.24) is 4.90 Å². The van der Waals surface area contributed by atoms with Crippen LogP contribution < -0.4 is 9.47 Å². The monoisotopic (exact) mass is 343 g/mol. The number of carbonyl (C=O) groups is 1. The van der Waals surface area contributed by atoms with E-state index in [9.17, 15) is 4.79 Å². The molecule has 1 aliphatic heterocycles.